The van der Waals surface area contributed by atoms with Crippen molar-refractivity contribution < 1.29 is 19.1 Å². The van der Waals surface area contributed by atoms with Crippen LogP contribution in [0.15, 0.2) is 48.5 Å². The molecule has 1 fully saturated rings. The average molecular weight is 459 g/mol. The van der Waals surface area contributed by atoms with Crippen LogP contribution in [0.5, 0.6) is 5.75 Å². The first-order valence-electron chi connectivity index (χ1n) is 11.4. The Hall–Kier alpha value is -3.94. The first-order chi connectivity index (χ1) is 16.4. The quantitative estimate of drug-likeness (QED) is 0.559. The maximum absolute atomic E-state index is 13.2. The molecule has 1 saturated heterocycles. The predicted octanol–water partition coefficient (Wildman–Crippen LogP) is 2.89. The number of carbonyl (C=O) groups excluding carboxylic acids is 3. The fourth-order valence-electron chi connectivity index (χ4n) is 4.79. The number of nitrogens with zero attached hydrogens (tertiary/aromatic N) is 4. The lowest BCUT2D eigenvalue weighted by atomic mass is 10.1. The molecule has 8 heteroatoms. The maximum Gasteiger partial charge on any atom is 0.262 e. The van der Waals surface area contributed by atoms with Crippen molar-refractivity contribution >= 4 is 34.4 Å². The number of rotatable bonds is 4. The molecule has 2 aromatic carbocycles. The molecule has 3 heterocycles. The molecule has 1 unspecified atom stereocenters. The molecule has 34 heavy (non-hydrogen) atoms. The van der Waals surface area contributed by atoms with Crippen molar-refractivity contribution in [3.05, 3.63) is 65.2 Å². The topological polar surface area (TPSA) is 83.0 Å². The largest absolute Gasteiger partial charge is 0.494 e. The summed E-state index contributed by atoms with van der Waals surface area (Å²) >= 11 is 0. The van der Waals surface area contributed by atoms with Crippen LogP contribution < -0.4 is 9.64 Å². The van der Waals surface area contributed by atoms with Crippen molar-refractivity contribution in [2.24, 2.45) is 0 Å². The molecule has 0 saturated carbocycles. The van der Waals surface area contributed by atoms with Crippen molar-refractivity contribution in [3.8, 4) is 5.75 Å². The van der Waals surface area contributed by atoms with E-state index in [1.54, 1.807) is 43.2 Å². The van der Waals surface area contributed by atoms with Gasteiger partial charge in [0, 0.05) is 31.6 Å². The van der Waals surface area contributed by atoms with Gasteiger partial charge in [-0.1, -0.05) is 24.3 Å². The van der Waals surface area contributed by atoms with Crippen LogP contribution in [0, 0.1) is 6.92 Å². The van der Waals surface area contributed by atoms with Crippen LogP contribution in [-0.2, 0) is 4.79 Å². The van der Waals surface area contributed by atoms with E-state index in [0.29, 0.717) is 37.3 Å². The zero-order chi connectivity index (χ0) is 24.0. The summed E-state index contributed by atoms with van der Waals surface area (Å²) in [6.07, 6.45) is 0. The molecule has 174 valence electrons. The normalized spacial score (nSPS) is 16.7. The van der Waals surface area contributed by atoms with Gasteiger partial charge in [-0.25, -0.2) is 4.98 Å². The molecule has 5 rings (SSSR count). The molecule has 0 radical (unpaired) electrons. The molecule has 0 spiro atoms. The highest BCUT2D eigenvalue weighted by Crippen LogP contribution is 2.30. The molecule has 0 N–H and O–H groups in total. The minimum absolute atomic E-state index is 0.224. The average Bonchev–Trinajstić information content (AvgIpc) is 3.12. The maximum atomic E-state index is 13.2. The zero-order valence-electron chi connectivity index (χ0n) is 19.4. The Balaban J connectivity index is 1.30. The number of benzene rings is 2. The van der Waals surface area contributed by atoms with Gasteiger partial charge in [0.25, 0.3) is 11.8 Å². The smallest absolute Gasteiger partial charge is 0.262 e. The van der Waals surface area contributed by atoms with Crippen molar-refractivity contribution in [1.82, 2.24) is 14.8 Å². The van der Waals surface area contributed by atoms with Gasteiger partial charge < -0.3 is 14.5 Å². The number of imide groups is 1. The standard InChI is InChI=1S/C26H26N4O4/c1-16-15-22(27-23-18(16)9-6-10-21(23)34-3)28-11-13-29(14-12-28)24(31)17(2)30-25(32)19-7-4-5-8-20(19)26(30)33/h4-10,15,17H,11-14H2,1-3H3. The molecule has 2 aliphatic heterocycles. The van der Waals surface area contributed by atoms with Gasteiger partial charge in [0.15, 0.2) is 0 Å². The van der Waals surface area contributed by atoms with E-state index in [9.17, 15) is 14.4 Å². The zero-order valence-corrected chi connectivity index (χ0v) is 19.4. The minimum Gasteiger partial charge on any atom is -0.494 e. The van der Waals surface area contributed by atoms with Gasteiger partial charge in [-0.3, -0.25) is 19.3 Å². The Morgan fingerprint density at radius 1 is 0.971 bits per heavy atom. The number of methoxy groups -OCH3 is 1. The van der Waals surface area contributed by atoms with Gasteiger partial charge in [-0.05, 0) is 43.7 Å². The molecule has 2 aliphatic rings. The number of anilines is 1. The number of carbonyl (C=O) groups is 3. The lowest BCUT2D eigenvalue weighted by Crippen LogP contribution is -2.55. The highest BCUT2D eigenvalue weighted by Gasteiger charge is 2.42. The van der Waals surface area contributed by atoms with Gasteiger partial charge in [-0.2, -0.15) is 0 Å². The summed E-state index contributed by atoms with van der Waals surface area (Å²) in [4.78, 5) is 48.5. The monoisotopic (exact) mass is 458 g/mol. The van der Waals surface area contributed by atoms with Crippen molar-refractivity contribution in [2.45, 2.75) is 19.9 Å². The van der Waals surface area contributed by atoms with Crippen LogP contribution in [0.3, 0.4) is 0 Å². The Morgan fingerprint density at radius 2 is 1.62 bits per heavy atom. The molecule has 3 aromatic rings. The number of para-hydroxylation sites is 1. The first-order valence-corrected chi connectivity index (χ1v) is 11.4. The Labute approximate surface area is 197 Å². The molecule has 0 bridgehead atoms. The molecule has 1 aromatic heterocycles. The van der Waals surface area contributed by atoms with Crippen LogP contribution in [0.2, 0.25) is 0 Å². The number of pyridine rings is 1. The number of fused-ring (bicyclic) bond motifs is 2. The van der Waals surface area contributed by atoms with Crippen LogP contribution in [0.1, 0.15) is 33.2 Å². The lowest BCUT2D eigenvalue weighted by Gasteiger charge is -2.37. The SMILES string of the molecule is COc1cccc2c(C)cc(N3CCN(C(=O)C(C)N4C(=O)c5ccccc5C4=O)CC3)nc12. The third-order valence-corrected chi connectivity index (χ3v) is 6.70. The van der Waals surface area contributed by atoms with E-state index in [4.69, 9.17) is 9.72 Å². The van der Waals surface area contributed by atoms with Gasteiger partial charge in [0.1, 0.15) is 23.1 Å². The number of amides is 3. The van der Waals surface area contributed by atoms with E-state index < -0.39 is 17.9 Å². The number of aromatic nitrogens is 1. The van der Waals surface area contributed by atoms with Gasteiger partial charge in [0.2, 0.25) is 5.91 Å². The second-order valence-corrected chi connectivity index (χ2v) is 8.67. The van der Waals surface area contributed by atoms with Crippen molar-refractivity contribution in [1.29, 1.82) is 0 Å². The lowest BCUT2D eigenvalue weighted by molar-refractivity contribution is -0.135. The van der Waals surface area contributed by atoms with E-state index in [1.165, 1.54) is 0 Å². The van der Waals surface area contributed by atoms with E-state index in [-0.39, 0.29) is 5.91 Å². The highest BCUT2D eigenvalue weighted by atomic mass is 16.5. The fraction of sp³-hybridized carbons (Fsp3) is 0.308. The summed E-state index contributed by atoms with van der Waals surface area (Å²) in [5.41, 5.74) is 2.63. The number of piperazine rings is 1. The minimum atomic E-state index is -0.857. The van der Waals surface area contributed by atoms with Crippen LogP contribution in [0.25, 0.3) is 10.9 Å². The molecule has 0 aliphatic carbocycles. The van der Waals surface area contributed by atoms with Crippen LogP contribution in [-0.4, -0.2) is 71.8 Å². The molecule has 8 nitrogen and oxygen atoms in total. The molecule has 1 atom stereocenters. The van der Waals surface area contributed by atoms with Gasteiger partial charge >= 0.3 is 0 Å². The number of hydrogen-bond acceptors (Lipinski definition) is 6. The van der Waals surface area contributed by atoms with E-state index in [1.807, 2.05) is 18.2 Å². The molecular weight excluding hydrogens is 432 g/mol. The summed E-state index contributed by atoms with van der Waals surface area (Å²) in [6.45, 7) is 5.85. The second kappa shape index (κ2) is 8.44. The van der Waals surface area contributed by atoms with E-state index >= 15 is 0 Å². The summed E-state index contributed by atoms with van der Waals surface area (Å²) in [7, 11) is 1.64. The highest BCUT2D eigenvalue weighted by molar-refractivity contribution is 6.22. The van der Waals surface area contributed by atoms with E-state index in [0.717, 1.165) is 32.9 Å². The number of aryl methyl sites for hydroxylation is 1. The van der Waals surface area contributed by atoms with E-state index in [2.05, 4.69) is 17.9 Å². The van der Waals surface area contributed by atoms with Crippen molar-refractivity contribution in [3.63, 3.8) is 0 Å². The fourth-order valence-corrected chi connectivity index (χ4v) is 4.79. The predicted molar refractivity (Wildman–Crippen MR) is 128 cm³/mol. The molecule has 3 amide bonds. The summed E-state index contributed by atoms with van der Waals surface area (Å²) in [5, 5.41) is 1.05. The first kappa shape index (κ1) is 21.9. The van der Waals surface area contributed by atoms with Crippen LogP contribution in [0.4, 0.5) is 5.82 Å². The Morgan fingerprint density at radius 3 is 2.24 bits per heavy atom. The Bertz CT molecular complexity index is 1280. The molecular formula is C26H26N4O4. The summed E-state index contributed by atoms with van der Waals surface area (Å²) in [6, 6.07) is 13.8. The second-order valence-electron chi connectivity index (χ2n) is 8.67. The van der Waals surface area contributed by atoms with Gasteiger partial charge in [-0.15, -0.1) is 0 Å². The number of ether oxygens (including phenoxy) is 1. The summed E-state index contributed by atoms with van der Waals surface area (Å²) < 4.78 is 5.50. The Kier molecular flexibility index (Phi) is 5.43. The van der Waals surface area contributed by atoms with Crippen LogP contribution >= 0.6 is 0 Å². The van der Waals surface area contributed by atoms with Crippen molar-refractivity contribution in [2.75, 3.05) is 38.2 Å². The number of hydrogen-bond donors (Lipinski definition) is 0. The summed E-state index contributed by atoms with van der Waals surface area (Å²) in [5.74, 6) is 0.522. The third-order valence-electron chi connectivity index (χ3n) is 6.70. The van der Waals surface area contributed by atoms with Gasteiger partial charge in [0.05, 0.1) is 18.2 Å². The third kappa shape index (κ3) is 3.46.